The second-order valence-corrected chi connectivity index (χ2v) is 9.07. The first-order valence-electron chi connectivity index (χ1n) is 12.7. The number of carbonyl (C=O) groups excluding carboxylic acids is 3. The van der Waals surface area contributed by atoms with Gasteiger partial charge in [-0.05, 0) is 38.5 Å². The van der Waals surface area contributed by atoms with Crippen LogP contribution in [0.2, 0.25) is 0 Å². The number of hydrogen-bond acceptors (Lipinski definition) is 3. The van der Waals surface area contributed by atoms with Crippen LogP contribution >= 0.6 is 0 Å². The van der Waals surface area contributed by atoms with E-state index < -0.39 is 0 Å². The van der Waals surface area contributed by atoms with Gasteiger partial charge in [-0.15, -0.1) is 0 Å². The van der Waals surface area contributed by atoms with E-state index in [1.54, 1.807) is 55.0 Å². The minimum Gasteiger partial charge on any atom is -0.660 e. The molecule has 6 heterocycles. The van der Waals surface area contributed by atoms with Gasteiger partial charge in [0.1, 0.15) is 0 Å². The van der Waals surface area contributed by atoms with E-state index in [-0.39, 0.29) is 34.8 Å². The van der Waals surface area contributed by atoms with Crippen molar-refractivity contribution in [2.75, 3.05) is 39.3 Å². The Morgan fingerprint density at radius 2 is 0.730 bits per heavy atom. The van der Waals surface area contributed by atoms with Gasteiger partial charge in [0.15, 0.2) is 0 Å². The molecule has 9 nitrogen and oxygen atoms in total. The third kappa shape index (κ3) is 7.87. The number of rotatable bonds is 3. The molecule has 0 atom stereocenters. The molecule has 3 saturated heterocycles. The molecule has 10 heteroatoms. The molecular weight excluding hydrogens is 511 g/mol. The van der Waals surface area contributed by atoms with Crippen molar-refractivity contribution in [2.45, 2.75) is 38.5 Å². The van der Waals surface area contributed by atoms with Crippen LogP contribution in [0.5, 0.6) is 0 Å². The molecule has 3 amide bonds. The Balaban J connectivity index is 0.000000152. The van der Waals surface area contributed by atoms with Crippen molar-refractivity contribution in [3.8, 4) is 0 Å². The van der Waals surface area contributed by atoms with E-state index in [0.717, 1.165) is 77.8 Å². The van der Waals surface area contributed by atoms with Crippen molar-refractivity contribution in [2.24, 2.45) is 0 Å². The summed E-state index contributed by atoms with van der Waals surface area (Å²) in [6, 6.07) is 10.7. The Labute approximate surface area is 228 Å². The van der Waals surface area contributed by atoms with Crippen molar-refractivity contribution in [3.05, 3.63) is 72.1 Å². The maximum absolute atomic E-state index is 11.6. The van der Waals surface area contributed by atoms with Crippen LogP contribution in [0.1, 0.15) is 70.0 Å². The number of aromatic nitrogens is 3. The summed E-state index contributed by atoms with van der Waals surface area (Å²) in [5, 5.41) is 0. The van der Waals surface area contributed by atoms with E-state index in [4.69, 9.17) is 0 Å². The van der Waals surface area contributed by atoms with Gasteiger partial charge in [-0.25, -0.2) is 0 Å². The van der Waals surface area contributed by atoms with Crippen LogP contribution in [0.3, 0.4) is 0 Å². The summed E-state index contributed by atoms with van der Waals surface area (Å²) in [7, 11) is 0. The minimum atomic E-state index is 0. The summed E-state index contributed by atoms with van der Waals surface area (Å²) in [6.07, 6.45) is 11.8. The molecule has 6 rings (SSSR count). The molecule has 37 heavy (non-hydrogen) atoms. The number of likely N-dealkylation sites (tertiary alicyclic amines) is 3. The molecule has 3 aliphatic rings. The third-order valence-corrected chi connectivity index (χ3v) is 6.50. The molecule has 196 valence electrons. The minimum absolute atomic E-state index is 0. The van der Waals surface area contributed by atoms with E-state index in [0.29, 0.717) is 17.1 Å². The van der Waals surface area contributed by atoms with Gasteiger partial charge in [-0.3, -0.25) is 14.4 Å². The first-order valence-corrected chi connectivity index (χ1v) is 12.7. The number of carbonyl (C=O) groups is 3. The molecule has 3 aliphatic heterocycles. The second-order valence-electron chi connectivity index (χ2n) is 9.07. The van der Waals surface area contributed by atoms with Crippen LogP contribution in [0.4, 0.5) is 0 Å². The van der Waals surface area contributed by atoms with Crippen molar-refractivity contribution in [3.63, 3.8) is 0 Å². The molecule has 3 aromatic heterocycles. The molecule has 0 unspecified atom stereocenters. The molecule has 0 radical (unpaired) electrons. The second kappa shape index (κ2) is 14.5. The Morgan fingerprint density at radius 3 is 0.919 bits per heavy atom. The maximum atomic E-state index is 11.6. The van der Waals surface area contributed by atoms with Crippen LogP contribution in [-0.2, 0) is 17.1 Å². The number of nitrogens with zero attached hydrogens (tertiary/aromatic N) is 6. The van der Waals surface area contributed by atoms with Gasteiger partial charge in [-0.2, -0.15) is 18.6 Å². The Bertz CT molecular complexity index is 925. The Morgan fingerprint density at radius 1 is 0.486 bits per heavy atom. The molecule has 0 saturated carbocycles. The van der Waals surface area contributed by atoms with E-state index in [9.17, 15) is 14.4 Å². The third-order valence-electron chi connectivity index (χ3n) is 6.50. The van der Waals surface area contributed by atoms with Crippen LogP contribution in [0.15, 0.2) is 55.0 Å². The van der Waals surface area contributed by atoms with E-state index >= 15 is 0 Å². The van der Waals surface area contributed by atoms with Gasteiger partial charge in [0.2, 0.25) is 17.7 Å². The first-order chi connectivity index (χ1) is 17.6. The molecular formula is C27H33MnN6O3. The van der Waals surface area contributed by atoms with E-state index in [1.807, 2.05) is 14.7 Å². The van der Waals surface area contributed by atoms with Gasteiger partial charge in [0.25, 0.3) is 0 Å². The quantitative estimate of drug-likeness (QED) is 0.470. The molecule has 3 fully saturated rings. The Kier molecular flexibility index (Phi) is 11.1. The molecule has 0 aliphatic carbocycles. The van der Waals surface area contributed by atoms with E-state index in [2.05, 4.69) is 15.0 Å². The zero-order valence-electron chi connectivity index (χ0n) is 21.0. The van der Waals surface area contributed by atoms with Gasteiger partial charge < -0.3 is 29.7 Å². The van der Waals surface area contributed by atoms with Crippen LogP contribution in [-0.4, -0.2) is 71.7 Å². The number of amides is 3. The summed E-state index contributed by atoms with van der Waals surface area (Å²) in [5.41, 5.74) is 1.74. The predicted molar refractivity (Wildman–Crippen MR) is 135 cm³/mol. The van der Waals surface area contributed by atoms with Crippen molar-refractivity contribution >= 4 is 17.7 Å². The summed E-state index contributed by atoms with van der Waals surface area (Å²) in [6.45, 7) is 5.37. The largest absolute Gasteiger partial charge is 3.00 e. The van der Waals surface area contributed by atoms with Gasteiger partial charge in [0, 0.05) is 39.3 Å². The van der Waals surface area contributed by atoms with Crippen molar-refractivity contribution in [1.82, 2.24) is 29.7 Å². The smallest absolute Gasteiger partial charge is 0.660 e. The van der Waals surface area contributed by atoms with Crippen LogP contribution in [0.25, 0.3) is 0 Å². The molecule has 0 bridgehead atoms. The monoisotopic (exact) mass is 544 g/mol. The molecule has 0 spiro atoms. The SMILES string of the molecule is O=C(c1ccc[n-]1)N1CCCC1.O=C(c1ccc[n-]1)N1CCCC1.O=C(c1ccc[n-]1)N1CCCC1.[Mn+3]. The van der Waals surface area contributed by atoms with Gasteiger partial charge in [-0.1, -0.05) is 53.5 Å². The van der Waals surface area contributed by atoms with Crippen LogP contribution < -0.4 is 15.0 Å². The normalized spacial score (nSPS) is 16.4. The van der Waals surface area contributed by atoms with Crippen molar-refractivity contribution < 1.29 is 31.5 Å². The maximum Gasteiger partial charge on any atom is 3.00 e. The summed E-state index contributed by atoms with van der Waals surface area (Å²) in [5.74, 6) is 0.243. The Hall–Kier alpha value is -3.23. The fourth-order valence-electron chi connectivity index (χ4n) is 4.53. The zero-order valence-corrected chi connectivity index (χ0v) is 22.1. The predicted octanol–water partition coefficient (Wildman–Crippen LogP) is 2.64. The fraction of sp³-hybridized carbons (Fsp3) is 0.444. The number of hydrogen-bond donors (Lipinski definition) is 0. The van der Waals surface area contributed by atoms with Gasteiger partial charge in [0.05, 0.1) is 0 Å². The fourth-order valence-corrected chi connectivity index (χ4v) is 4.53. The summed E-state index contributed by atoms with van der Waals surface area (Å²) >= 11 is 0. The molecule has 0 aromatic carbocycles. The van der Waals surface area contributed by atoms with Gasteiger partial charge >= 0.3 is 17.1 Å². The summed E-state index contributed by atoms with van der Waals surface area (Å²) < 4.78 is 0. The zero-order chi connectivity index (χ0) is 25.2. The van der Waals surface area contributed by atoms with E-state index in [1.165, 1.54) is 0 Å². The topological polar surface area (TPSA) is 103 Å². The standard InChI is InChI=1S/3C9H12N2O.Mn/c3*12-9(8-4-3-5-10-8)11-6-1-2-7-11;/h3*3-5H,1-2,6-7H2,(H,10,12);/q;;;+3/p-3. The first kappa shape index (κ1) is 28.3. The van der Waals surface area contributed by atoms with Crippen LogP contribution in [0, 0.1) is 0 Å². The average Bonchev–Trinajstić information content (AvgIpc) is 3.78. The average molecular weight is 545 g/mol. The molecule has 0 N–H and O–H groups in total. The van der Waals surface area contributed by atoms with Crippen molar-refractivity contribution in [1.29, 1.82) is 0 Å². The molecule has 3 aromatic rings. The summed E-state index contributed by atoms with van der Waals surface area (Å²) in [4.78, 5) is 52.2.